The van der Waals surface area contributed by atoms with Gasteiger partial charge in [0.1, 0.15) is 19.3 Å². The molecule has 0 aromatic rings. The molecule has 0 aromatic carbocycles. The van der Waals surface area contributed by atoms with Crippen molar-refractivity contribution in [1.29, 1.82) is 0 Å². The fourth-order valence-electron chi connectivity index (χ4n) is 2.69. The molecule has 1 N–H and O–H groups in total. The lowest BCUT2D eigenvalue weighted by Gasteiger charge is -2.44. The zero-order chi connectivity index (χ0) is 22.7. The molecular formula is C19H26O11. The molecule has 168 valence electrons. The highest BCUT2D eigenvalue weighted by atomic mass is 16.7. The van der Waals surface area contributed by atoms with Crippen LogP contribution in [-0.4, -0.2) is 79.5 Å². The van der Waals surface area contributed by atoms with Crippen molar-refractivity contribution in [2.24, 2.45) is 0 Å². The summed E-state index contributed by atoms with van der Waals surface area (Å²) in [5.41, 5.74) is 0. The van der Waals surface area contributed by atoms with E-state index in [1.807, 2.05) is 0 Å². The summed E-state index contributed by atoms with van der Waals surface area (Å²) in [6.07, 6.45) is -5.85. The predicted molar refractivity (Wildman–Crippen MR) is 97.4 cm³/mol. The molecule has 1 aliphatic heterocycles. The summed E-state index contributed by atoms with van der Waals surface area (Å²) < 4.78 is 32.0. The minimum Gasteiger partial charge on any atom is -0.463 e. The second-order valence-electron chi connectivity index (χ2n) is 6.20. The summed E-state index contributed by atoms with van der Waals surface area (Å²) in [7, 11) is 0. The highest BCUT2D eigenvalue weighted by molar-refractivity contribution is 5.68. The number of carbonyl (C=O) groups is 4. The summed E-state index contributed by atoms with van der Waals surface area (Å²) in [6, 6.07) is 0. The molecule has 0 aromatic heterocycles. The molecule has 1 heterocycles. The first-order chi connectivity index (χ1) is 14.1. The minimum atomic E-state index is -1.28. The fourth-order valence-corrected chi connectivity index (χ4v) is 2.69. The van der Waals surface area contributed by atoms with Gasteiger partial charge in [-0.1, -0.05) is 11.8 Å². The fraction of sp³-hybridized carbons (Fsp3) is 0.684. The van der Waals surface area contributed by atoms with Crippen molar-refractivity contribution < 1.29 is 52.7 Å². The van der Waals surface area contributed by atoms with Gasteiger partial charge in [0.2, 0.25) is 0 Å². The Labute approximate surface area is 173 Å². The molecule has 0 unspecified atom stereocenters. The van der Waals surface area contributed by atoms with Crippen molar-refractivity contribution in [2.75, 3.05) is 19.8 Å². The van der Waals surface area contributed by atoms with E-state index < -0.39 is 54.6 Å². The lowest BCUT2D eigenvalue weighted by molar-refractivity contribution is -0.307. The maximum absolute atomic E-state index is 11.7. The van der Waals surface area contributed by atoms with Gasteiger partial charge in [-0.15, -0.1) is 0 Å². The van der Waals surface area contributed by atoms with Crippen LogP contribution in [0.1, 0.15) is 34.1 Å². The Balaban J connectivity index is 3.18. The Bertz CT molecular complexity index is 678. The molecule has 11 heteroatoms. The lowest BCUT2D eigenvalue weighted by Crippen LogP contribution is -2.63. The van der Waals surface area contributed by atoms with Crippen LogP contribution in [0.3, 0.4) is 0 Å². The van der Waals surface area contributed by atoms with Gasteiger partial charge in [0.05, 0.1) is 6.61 Å². The van der Waals surface area contributed by atoms with Crippen LogP contribution in [0.15, 0.2) is 0 Å². The molecule has 0 amide bonds. The van der Waals surface area contributed by atoms with Crippen molar-refractivity contribution >= 4 is 23.9 Å². The third-order valence-electron chi connectivity index (χ3n) is 3.66. The Morgan fingerprint density at radius 1 is 0.833 bits per heavy atom. The smallest absolute Gasteiger partial charge is 0.303 e. The van der Waals surface area contributed by atoms with E-state index in [1.165, 1.54) is 6.92 Å². The summed E-state index contributed by atoms with van der Waals surface area (Å²) >= 11 is 0. The standard InChI is InChI=1S/C19H26O11/c1-11(21)26-10-15-16(27-12(2)22)17(28-13(3)23)18(29-14(4)24)19(30-15)25-9-7-5-6-8-20/h15-20H,7-10H2,1-4H3/t15-,16-,17+,18+,19+/m1/s1. The first-order valence-electron chi connectivity index (χ1n) is 9.14. The van der Waals surface area contributed by atoms with Crippen LogP contribution in [0.4, 0.5) is 0 Å². The highest BCUT2D eigenvalue weighted by Gasteiger charge is 2.52. The molecule has 0 saturated carbocycles. The van der Waals surface area contributed by atoms with Crippen molar-refractivity contribution in [3.8, 4) is 11.8 Å². The Hall–Kier alpha value is -2.68. The summed E-state index contributed by atoms with van der Waals surface area (Å²) in [4.78, 5) is 46.1. The molecule has 0 bridgehead atoms. The predicted octanol–water partition coefficient (Wildman–Crippen LogP) is -0.528. The molecule has 1 aliphatic rings. The quantitative estimate of drug-likeness (QED) is 0.230. The molecule has 5 atom stereocenters. The van der Waals surface area contributed by atoms with Gasteiger partial charge in [0, 0.05) is 34.1 Å². The maximum atomic E-state index is 11.7. The molecule has 30 heavy (non-hydrogen) atoms. The van der Waals surface area contributed by atoms with Crippen LogP contribution in [0, 0.1) is 11.8 Å². The van der Waals surface area contributed by atoms with Gasteiger partial charge in [-0.2, -0.15) is 0 Å². The molecular weight excluding hydrogens is 404 g/mol. The minimum absolute atomic E-state index is 0.0285. The normalized spacial score (nSPS) is 25.3. The Morgan fingerprint density at radius 2 is 1.40 bits per heavy atom. The van der Waals surface area contributed by atoms with Gasteiger partial charge in [-0.25, -0.2) is 0 Å². The molecule has 0 aliphatic carbocycles. The van der Waals surface area contributed by atoms with Crippen LogP contribution in [0.2, 0.25) is 0 Å². The lowest BCUT2D eigenvalue weighted by atomic mass is 9.98. The van der Waals surface area contributed by atoms with E-state index in [9.17, 15) is 19.2 Å². The number of hydrogen-bond donors (Lipinski definition) is 1. The number of aliphatic hydroxyl groups excluding tert-OH is 1. The molecule has 1 rings (SSSR count). The SMILES string of the molecule is CC(=O)OC[C@H]1O[C@H](OCCC#CCO)[C@@H](OC(C)=O)[C@@H](OC(C)=O)[C@@H]1OC(C)=O. The van der Waals surface area contributed by atoms with E-state index in [2.05, 4.69) is 11.8 Å². The third kappa shape index (κ3) is 8.77. The van der Waals surface area contributed by atoms with E-state index in [0.717, 1.165) is 20.8 Å². The first-order valence-corrected chi connectivity index (χ1v) is 9.14. The largest absolute Gasteiger partial charge is 0.463 e. The van der Waals surface area contributed by atoms with Crippen molar-refractivity contribution in [3.63, 3.8) is 0 Å². The topological polar surface area (TPSA) is 144 Å². The monoisotopic (exact) mass is 430 g/mol. The van der Waals surface area contributed by atoms with Crippen LogP contribution in [-0.2, 0) is 47.6 Å². The average molecular weight is 430 g/mol. The van der Waals surface area contributed by atoms with Crippen LogP contribution in [0.25, 0.3) is 0 Å². The van der Waals surface area contributed by atoms with E-state index in [0.29, 0.717) is 0 Å². The number of rotatable bonds is 8. The summed E-state index contributed by atoms with van der Waals surface area (Å²) in [5, 5.41) is 8.69. The van der Waals surface area contributed by atoms with Crippen LogP contribution < -0.4 is 0 Å². The maximum Gasteiger partial charge on any atom is 0.303 e. The summed E-state index contributed by atoms with van der Waals surface area (Å²) in [6.45, 7) is 3.98. The zero-order valence-electron chi connectivity index (χ0n) is 17.2. The molecule has 0 spiro atoms. The highest BCUT2D eigenvalue weighted by Crippen LogP contribution is 2.30. The number of carbonyl (C=O) groups excluding carboxylic acids is 4. The molecule has 11 nitrogen and oxygen atoms in total. The van der Waals surface area contributed by atoms with E-state index in [-0.39, 0.29) is 26.2 Å². The van der Waals surface area contributed by atoms with Gasteiger partial charge < -0.3 is 33.5 Å². The second kappa shape index (κ2) is 12.8. The second-order valence-corrected chi connectivity index (χ2v) is 6.20. The van der Waals surface area contributed by atoms with Crippen molar-refractivity contribution in [1.82, 2.24) is 0 Å². The van der Waals surface area contributed by atoms with Gasteiger partial charge >= 0.3 is 23.9 Å². The van der Waals surface area contributed by atoms with E-state index in [1.54, 1.807) is 0 Å². The van der Waals surface area contributed by atoms with Gasteiger partial charge in [0.15, 0.2) is 24.6 Å². The third-order valence-corrected chi connectivity index (χ3v) is 3.66. The van der Waals surface area contributed by atoms with Crippen molar-refractivity contribution in [3.05, 3.63) is 0 Å². The molecule has 1 saturated heterocycles. The van der Waals surface area contributed by atoms with Gasteiger partial charge in [-0.3, -0.25) is 19.2 Å². The number of aliphatic hydroxyl groups is 1. The number of hydrogen-bond acceptors (Lipinski definition) is 11. The van der Waals surface area contributed by atoms with Crippen LogP contribution >= 0.6 is 0 Å². The first kappa shape index (κ1) is 25.4. The van der Waals surface area contributed by atoms with Crippen LogP contribution in [0.5, 0.6) is 0 Å². The molecule has 1 fully saturated rings. The summed E-state index contributed by atoms with van der Waals surface area (Å²) in [5.74, 6) is 2.33. The van der Waals surface area contributed by atoms with E-state index in [4.69, 9.17) is 33.5 Å². The van der Waals surface area contributed by atoms with Gasteiger partial charge in [-0.05, 0) is 0 Å². The Morgan fingerprint density at radius 3 is 1.93 bits per heavy atom. The van der Waals surface area contributed by atoms with E-state index >= 15 is 0 Å². The zero-order valence-corrected chi connectivity index (χ0v) is 17.2. The Kier molecular flexibility index (Phi) is 10.8. The van der Waals surface area contributed by atoms with Gasteiger partial charge in [0.25, 0.3) is 0 Å². The molecule has 0 radical (unpaired) electrons. The number of ether oxygens (including phenoxy) is 6. The number of esters is 4. The van der Waals surface area contributed by atoms with Crippen molar-refractivity contribution in [2.45, 2.75) is 64.8 Å². The average Bonchev–Trinajstić information content (AvgIpc) is 2.63.